The molecule has 0 bridgehead atoms. The summed E-state index contributed by atoms with van der Waals surface area (Å²) in [5.41, 5.74) is 5.43. The second-order valence-corrected chi connectivity index (χ2v) is 7.91. The molecule has 3 aromatic carbocycles. The lowest BCUT2D eigenvalue weighted by atomic mass is 10.0. The van der Waals surface area contributed by atoms with Crippen molar-refractivity contribution in [3.8, 4) is 11.3 Å². The van der Waals surface area contributed by atoms with Crippen molar-refractivity contribution in [2.24, 2.45) is 0 Å². The quantitative estimate of drug-likeness (QED) is 0.396. The van der Waals surface area contributed by atoms with Gasteiger partial charge in [-0.15, -0.1) is 5.10 Å². The fourth-order valence-corrected chi connectivity index (χ4v) is 3.70. The van der Waals surface area contributed by atoms with Crippen LogP contribution in [0.4, 0.5) is 10.2 Å². The van der Waals surface area contributed by atoms with E-state index in [4.69, 9.17) is 4.98 Å². The fourth-order valence-electron chi connectivity index (χ4n) is 3.70. The van der Waals surface area contributed by atoms with Gasteiger partial charge < -0.3 is 5.32 Å². The van der Waals surface area contributed by atoms with E-state index in [0.717, 1.165) is 22.3 Å². The number of hydrogen-bond acceptors (Lipinski definition) is 4. The second kappa shape index (κ2) is 7.80. The maximum Gasteiger partial charge on any atom is 0.186 e. The first-order valence-electron chi connectivity index (χ1n) is 10.3. The third-order valence-corrected chi connectivity index (χ3v) is 5.48. The van der Waals surface area contributed by atoms with Gasteiger partial charge in [0.25, 0.3) is 0 Å². The molecule has 0 aliphatic carbocycles. The third-order valence-electron chi connectivity index (χ3n) is 5.48. The minimum Gasteiger partial charge on any atom is -0.365 e. The van der Waals surface area contributed by atoms with Gasteiger partial charge in [-0.25, -0.2) is 9.37 Å². The van der Waals surface area contributed by atoms with Gasteiger partial charge in [-0.1, -0.05) is 55.5 Å². The highest BCUT2D eigenvalue weighted by molar-refractivity contribution is 5.93. The number of anilines is 1. The average Bonchev–Trinajstić information content (AvgIpc) is 3.22. The van der Waals surface area contributed by atoms with Crippen molar-refractivity contribution < 1.29 is 4.39 Å². The summed E-state index contributed by atoms with van der Waals surface area (Å²) >= 11 is 0. The van der Waals surface area contributed by atoms with E-state index in [1.54, 1.807) is 16.6 Å². The Bertz CT molecular complexity index is 1360. The molecule has 0 spiro atoms. The van der Waals surface area contributed by atoms with Crippen molar-refractivity contribution >= 4 is 22.4 Å². The molecule has 5 rings (SSSR count). The van der Waals surface area contributed by atoms with Gasteiger partial charge in [0.1, 0.15) is 17.3 Å². The van der Waals surface area contributed by atoms with Gasteiger partial charge in [0.15, 0.2) is 5.65 Å². The zero-order chi connectivity index (χ0) is 21.4. The number of nitrogens with zero attached hydrogens (tertiary/aromatic N) is 4. The standard InChI is InChI=1S/C25H22FN5/c1-16(2)18-9-7-17(8-10-18)15-27-24-21-5-3-4-6-22(21)31-25(28-24)23(29-30-31)19-11-13-20(26)14-12-19/h3-14,16H,15H2,1-2H3,(H,27,28). The molecule has 0 atom stereocenters. The number of rotatable bonds is 5. The Morgan fingerprint density at radius 3 is 2.42 bits per heavy atom. The summed E-state index contributed by atoms with van der Waals surface area (Å²) in [6, 6.07) is 22.8. The Morgan fingerprint density at radius 1 is 0.935 bits per heavy atom. The molecule has 1 N–H and O–H groups in total. The maximum atomic E-state index is 13.4. The molecule has 2 heterocycles. The predicted octanol–water partition coefficient (Wildman–Crippen LogP) is 5.82. The van der Waals surface area contributed by atoms with Crippen LogP contribution in [0.3, 0.4) is 0 Å². The monoisotopic (exact) mass is 411 g/mol. The van der Waals surface area contributed by atoms with Crippen molar-refractivity contribution in [2.45, 2.75) is 26.3 Å². The van der Waals surface area contributed by atoms with E-state index in [2.05, 4.69) is 53.7 Å². The molecule has 0 saturated carbocycles. The van der Waals surface area contributed by atoms with Crippen molar-refractivity contribution in [3.63, 3.8) is 0 Å². The third kappa shape index (κ3) is 3.61. The Labute approximate surface area is 179 Å². The van der Waals surface area contributed by atoms with Gasteiger partial charge in [0.2, 0.25) is 0 Å². The molecule has 31 heavy (non-hydrogen) atoms. The molecule has 154 valence electrons. The Morgan fingerprint density at radius 2 is 1.68 bits per heavy atom. The van der Waals surface area contributed by atoms with Crippen molar-refractivity contribution in [1.82, 2.24) is 19.8 Å². The molecular weight excluding hydrogens is 389 g/mol. The lowest BCUT2D eigenvalue weighted by molar-refractivity contribution is 0.628. The first-order chi connectivity index (χ1) is 15.1. The van der Waals surface area contributed by atoms with Gasteiger partial charge in [-0.2, -0.15) is 4.52 Å². The van der Waals surface area contributed by atoms with Crippen LogP contribution in [0.2, 0.25) is 0 Å². The number of para-hydroxylation sites is 1. The maximum absolute atomic E-state index is 13.4. The molecule has 0 saturated heterocycles. The van der Waals surface area contributed by atoms with E-state index in [1.807, 2.05) is 24.3 Å². The number of halogens is 1. The highest BCUT2D eigenvalue weighted by atomic mass is 19.1. The van der Waals surface area contributed by atoms with Crippen molar-refractivity contribution in [3.05, 3.63) is 89.7 Å². The summed E-state index contributed by atoms with van der Waals surface area (Å²) in [4.78, 5) is 4.86. The molecule has 0 amide bonds. The van der Waals surface area contributed by atoms with E-state index in [0.29, 0.717) is 23.8 Å². The zero-order valence-corrected chi connectivity index (χ0v) is 17.4. The minimum absolute atomic E-state index is 0.288. The highest BCUT2D eigenvalue weighted by Crippen LogP contribution is 2.28. The minimum atomic E-state index is -0.288. The van der Waals surface area contributed by atoms with E-state index in [9.17, 15) is 4.39 Å². The largest absolute Gasteiger partial charge is 0.365 e. The van der Waals surface area contributed by atoms with Crippen LogP contribution >= 0.6 is 0 Å². The summed E-state index contributed by atoms with van der Waals surface area (Å²) < 4.78 is 15.1. The molecule has 2 aromatic heterocycles. The van der Waals surface area contributed by atoms with Crippen molar-refractivity contribution in [1.29, 1.82) is 0 Å². The summed E-state index contributed by atoms with van der Waals surface area (Å²) in [7, 11) is 0. The van der Waals surface area contributed by atoms with E-state index in [-0.39, 0.29) is 5.82 Å². The first kappa shape index (κ1) is 19.2. The Balaban J connectivity index is 1.56. The zero-order valence-electron chi connectivity index (χ0n) is 17.4. The number of nitrogens with one attached hydrogen (secondary N) is 1. The van der Waals surface area contributed by atoms with E-state index >= 15 is 0 Å². The summed E-state index contributed by atoms with van der Waals surface area (Å²) in [6.45, 7) is 5.03. The Kier molecular flexibility index (Phi) is 4.82. The number of benzene rings is 3. The van der Waals surface area contributed by atoms with Gasteiger partial charge in [0.05, 0.1) is 5.52 Å². The molecule has 5 aromatic rings. The van der Waals surface area contributed by atoms with Crippen LogP contribution in [0.5, 0.6) is 0 Å². The van der Waals surface area contributed by atoms with Crippen LogP contribution < -0.4 is 5.32 Å². The molecule has 6 heteroatoms. The van der Waals surface area contributed by atoms with Crippen LogP contribution in [-0.4, -0.2) is 19.8 Å². The molecular formula is C25H22FN5. The average molecular weight is 411 g/mol. The Hall–Kier alpha value is -3.80. The summed E-state index contributed by atoms with van der Waals surface area (Å²) in [5.74, 6) is 0.987. The number of fused-ring (bicyclic) bond motifs is 3. The molecule has 0 aliphatic heterocycles. The topological polar surface area (TPSA) is 55.1 Å². The molecule has 0 aliphatic rings. The lowest BCUT2D eigenvalue weighted by Crippen LogP contribution is -2.05. The SMILES string of the molecule is CC(C)c1ccc(CNc2nc3c(-c4ccc(F)cc4)nnn3c3ccccc23)cc1. The van der Waals surface area contributed by atoms with Crippen LogP contribution in [0.1, 0.15) is 30.9 Å². The van der Waals surface area contributed by atoms with Gasteiger partial charge >= 0.3 is 0 Å². The van der Waals surface area contributed by atoms with Crippen LogP contribution in [-0.2, 0) is 6.54 Å². The summed E-state index contributed by atoms with van der Waals surface area (Å²) in [5, 5.41) is 13.1. The number of aromatic nitrogens is 4. The molecule has 0 fully saturated rings. The predicted molar refractivity (Wildman–Crippen MR) is 122 cm³/mol. The van der Waals surface area contributed by atoms with E-state index < -0.39 is 0 Å². The number of hydrogen-bond donors (Lipinski definition) is 1. The van der Waals surface area contributed by atoms with Crippen LogP contribution in [0, 0.1) is 5.82 Å². The van der Waals surface area contributed by atoms with Crippen LogP contribution in [0.25, 0.3) is 27.8 Å². The molecule has 0 unspecified atom stereocenters. The summed E-state index contributed by atoms with van der Waals surface area (Å²) in [6.07, 6.45) is 0. The smallest absolute Gasteiger partial charge is 0.186 e. The molecule has 0 radical (unpaired) electrons. The van der Waals surface area contributed by atoms with Crippen LogP contribution in [0.15, 0.2) is 72.8 Å². The fraction of sp³-hybridized carbons (Fsp3) is 0.160. The van der Waals surface area contributed by atoms with Gasteiger partial charge in [0, 0.05) is 17.5 Å². The normalized spacial score (nSPS) is 11.5. The lowest BCUT2D eigenvalue weighted by Gasteiger charge is -2.11. The van der Waals surface area contributed by atoms with E-state index in [1.165, 1.54) is 23.3 Å². The first-order valence-corrected chi connectivity index (χ1v) is 10.3. The van der Waals surface area contributed by atoms with Gasteiger partial charge in [-0.05, 0) is 53.4 Å². The second-order valence-electron chi connectivity index (χ2n) is 7.91. The molecule has 5 nitrogen and oxygen atoms in total. The highest BCUT2D eigenvalue weighted by Gasteiger charge is 2.15. The van der Waals surface area contributed by atoms with Gasteiger partial charge in [-0.3, -0.25) is 0 Å². The van der Waals surface area contributed by atoms with Crippen molar-refractivity contribution in [2.75, 3.05) is 5.32 Å².